The first-order valence-electron chi connectivity index (χ1n) is 5.69. The van der Waals surface area contributed by atoms with Crippen LogP contribution in [0, 0.1) is 0 Å². The van der Waals surface area contributed by atoms with Crippen LogP contribution in [0.15, 0.2) is 30.3 Å². The smallest absolute Gasteiger partial charge is 0.350 e. The molecule has 0 spiro atoms. The summed E-state index contributed by atoms with van der Waals surface area (Å²) >= 11 is 0. The van der Waals surface area contributed by atoms with Crippen LogP contribution in [0.1, 0.15) is 12.5 Å². The lowest BCUT2D eigenvalue weighted by atomic mass is 10.2. The van der Waals surface area contributed by atoms with E-state index in [1.807, 2.05) is 30.3 Å². The molecule has 2 rings (SSSR count). The van der Waals surface area contributed by atoms with Gasteiger partial charge >= 0.3 is 11.9 Å². The van der Waals surface area contributed by atoms with E-state index in [1.165, 1.54) is 6.92 Å². The van der Waals surface area contributed by atoms with Crippen LogP contribution in [0.2, 0.25) is 0 Å². The Kier molecular flexibility index (Phi) is 3.94. The molecule has 5 nitrogen and oxygen atoms in total. The SMILES string of the molecule is C[C@@H]1OC(=O)C(COCc2ccccc2)OC1=O. The van der Waals surface area contributed by atoms with Gasteiger partial charge in [-0.15, -0.1) is 0 Å². The topological polar surface area (TPSA) is 61.8 Å². The van der Waals surface area contributed by atoms with Gasteiger partial charge in [-0.3, -0.25) is 0 Å². The van der Waals surface area contributed by atoms with Crippen LogP contribution in [0.25, 0.3) is 0 Å². The average Bonchev–Trinajstić information content (AvgIpc) is 2.37. The van der Waals surface area contributed by atoms with E-state index in [-0.39, 0.29) is 6.61 Å². The van der Waals surface area contributed by atoms with Crippen LogP contribution in [0.4, 0.5) is 0 Å². The van der Waals surface area contributed by atoms with Crippen molar-refractivity contribution in [3.8, 4) is 0 Å². The molecule has 1 aromatic carbocycles. The van der Waals surface area contributed by atoms with Gasteiger partial charge in [0.15, 0.2) is 6.10 Å². The van der Waals surface area contributed by atoms with Crippen LogP contribution >= 0.6 is 0 Å². The van der Waals surface area contributed by atoms with Crippen molar-refractivity contribution < 1.29 is 23.8 Å². The van der Waals surface area contributed by atoms with E-state index in [0.717, 1.165) is 5.56 Å². The number of hydrogen-bond acceptors (Lipinski definition) is 5. The van der Waals surface area contributed by atoms with E-state index < -0.39 is 24.1 Å². The third-order valence-corrected chi connectivity index (χ3v) is 2.53. The third-order valence-electron chi connectivity index (χ3n) is 2.53. The predicted molar refractivity (Wildman–Crippen MR) is 61.5 cm³/mol. The number of carbonyl (C=O) groups excluding carboxylic acids is 2. The zero-order valence-electron chi connectivity index (χ0n) is 10.00. The minimum atomic E-state index is -0.961. The summed E-state index contributed by atoms with van der Waals surface area (Å²) in [5, 5.41) is 0. The zero-order valence-corrected chi connectivity index (χ0v) is 10.00. The Labute approximate surface area is 105 Å². The second kappa shape index (κ2) is 5.64. The molecule has 0 bridgehead atoms. The molecule has 2 atom stereocenters. The Morgan fingerprint density at radius 3 is 2.56 bits per heavy atom. The first-order chi connectivity index (χ1) is 8.66. The molecule has 0 N–H and O–H groups in total. The molecular formula is C13H14O5. The molecular weight excluding hydrogens is 236 g/mol. The summed E-state index contributed by atoms with van der Waals surface area (Å²) < 4.78 is 15.1. The molecule has 1 aliphatic rings. The summed E-state index contributed by atoms with van der Waals surface area (Å²) in [5.74, 6) is -1.10. The number of esters is 2. The maximum Gasteiger partial charge on any atom is 0.350 e. The van der Waals surface area contributed by atoms with E-state index in [9.17, 15) is 9.59 Å². The Morgan fingerprint density at radius 1 is 1.11 bits per heavy atom. The highest BCUT2D eigenvalue weighted by molar-refractivity contribution is 5.87. The molecule has 1 aliphatic heterocycles. The number of carbonyl (C=O) groups is 2. The standard InChI is InChI=1S/C13H14O5/c1-9-12(14)18-11(13(15)17-9)8-16-7-10-5-3-2-4-6-10/h2-6,9,11H,7-8H2,1H3/t9-,11?/m0/s1. The molecule has 1 aromatic rings. The molecule has 18 heavy (non-hydrogen) atoms. The zero-order chi connectivity index (χ0) is 13.0. The molecule has 96 valence electrons. The van der Waals surface area contributed by atoms with Gasteiger partial charge < -0.3 is 14.2 Å². The molecule has 5 heteroatoms. The Balaban J connectivity index is 1.80. The average molecular weight is 250 g/mol. The first kappa shape index (κ1) is 12.6. The van der Waals surface area contributed by atoms with Gasteiger partial charge in [-0.1, -0.05) is 30.3 Å². The first-order valence-corrected chi connectivity index (χ1v) is 5.69. The van der Waals surface area contributed by atoms with E-state index in [1.54, 1.807) is 0 Å². The maximum atomic E-state index is 11.4. The predicted octanol–water partition coefficient (Wildman–Crippen LogP) is 1.06. The summed E-state index contributed by atoms with van der Waals surface area (Å²) in [7, 11) is 0. The van der Waals surface area contributed by atoms with Crippen molar-refractivity contribution in [2.24, 2.45) is 0 Å². The fourth-order valence-corrected chi connectivity index (χ4v) is 1.54. The van der Waals surface area contributed by atoms with Crippen LogP contribution in [0.5, 0.6) is 0 Å². The minimum Gasteiger partial charge on any atom is -0.448 e. The third kappa shape index (κ3) is 3.07. The van der Waals surface area contributed by atoms with Crippen molar-refractivity contribution in [3.05, 3.63) is 35.9 Å². The highest BCUT2D eigenvalue weighted by Gasteiger charge is 2.35. The number of ether oxygens (including phenoxy) is 3. The van der Waals surface area contributed by atoms with Gasteiger partial charge in [-0.2, -0.15) is 0 Å². The number of hydrogen-bond donors (Lipinski definition) is 0. The largest absolute Gasteiger partial charge is 0.448 e. The van der Waals surface area contributed by atoms with Crippen molar-refractivity contribution in [2.45, 2.75) is 25.7 Å². The van der Waals surface area contributed by atoms with E-state index in [0.29, 0.717) is 6.61 Å². The lowest BCUT2D eigenvalue weighted by Gasteiger charge is -2.25. The van der Waals surface area contributed by atoms with Gasteiger partial charge in [-0.05, 0) is 12.5 Å². The van der Waals surface area contributed by atoms with Gasteiger partial charge in [0.25, 0.3) is 0 Å². The Hall–Kier alpha value is -1.88. The summed E-state index contributed by atoms with van der Waals surface area (Å²) in [6, 6.07) is 9.52. The Morgan fingerprint density at radius 2 is 1.83 bits per heavy atom. The molecule has 0 aromatic heterocycles. The van der Waals surface area contributed by atoms with Crippen molar-refractivity contribution in [2.75, 3.05) is 6.61 Å². The van der Waals surface area contributed by atoms with Gasteiger partial charge in [-0.25, -0.2) is 9.59 Å². The van der Waals surface area contributed by atoms with E-state index >= 15 is 0 Å². The van der Waals surface area contributed by atoms with Crippen LogP contribution in [-0.2, 0) is 30.4 Å². The maximum absolute atomic E-state index is 11.4. The Bertz CT molecular complexity index is 428. The molecule has 1 unspecified atom stereocenters. The quantitative estimate of drug-likeness (QED) is 0.748. The fourth-order valence-electron chi connectivity index (χ4n) is 1.54. The molecule has 0 saturated carbocycles. The van der Waals surface area contributed by atoms with Gasteiger partial charge in [0, 0.05) is 0 Å². The molecule has 1 saturated heterocycles. The van der Waals surface area contributed by atoms with Gasteiger partial charge in [0.2, 0.25) is 6.10 Å². The van der Waals surface area contributed by atoms with Crippen molar-refractivity contribution >= 4 is 11.9 Å². The molecule has 1 fully saturated rings. The fraction of sp³-hybridized carbons (Fsp3) is 0.385. The lowest BCUT2D eigenvalue weighted by molar-refractivity contribution is -0.197. The van der Waals surface area contributed by atoms with Gasteiger partial charge in [0.1, 0.15) is 0 Å². The highest BCUT2D eigenvalue weighted by atomic mass is 16.7. The molecule has 1 heterocycles. The van der Waals surface area contributed by atoms with Crippen LogP contribution in [-0.4, -0.2) is 30.8 Å². The number of cyclic esters (lactones) is 2. The summed E-state index contributed by atoms with van der Waals surface area (Å²) in [5.41, 5.74) is 0.987. The van der Waals surface area contributed by atoms with Crippen LogP contribution < -0.4 is 0 Å². The molecule has 0 radical (unpaired) electrons. The number of benzene rings is 1. The van der Waals surface area contributed by atoms with Crippen LogP contribution in [0.3, 0.4) is 0 Å². The normalized spacial score (nSPS) is 23.4. The van der Waals surface area contributed by atoms with E-state index in [2.05, 4.69) is 0 Å². The number of rotatable bonds is 4. The summed E-state index contributed by atoms with van der Waals surface area (Å²) in [6.07, 6.45) is -1.79. The summed E-state index contributed by atoms with van der Waals surface area (Å²) in [6.45, 7) is 1.84. The van der Waals surface area contributed by atoms with Crippen molar-refractivity contribution in [1.82, 2.24) is 0 Å². The van der Waals surface area contributed by atoms with Gasteiger partial charge in [0.05, 0.1) is 13.2 Å². The van der Waals surface area contributed by atoms with Crippen molar-refractivity contribution in [1.29, 1.82) is 0 Å². The monoisotopic (exact) mass is 250 g/mol. The minimum absolute atomic E-state index is 0.00614. The highest BCUT2D eigenvalue weighted by Crippen LogP contribution is 2.11. The lowest BCUT2D eigenvalue weighted by Crippen LogP contribution is -2.44. The van der Waals surface area contributed by atoms with E-state index in [4.69, 9.17) is 14.2 Å². The second-order valence-electron chi connectivity index (χ2n) is 4.01. The molecule has 0 aliphatic carbocycles. The summed E-state index contributed by atoms with van der Waals surface area (Å²) in [4.78, 5) is 22.6. The molecule has 0 amide bonds. The second-order valence-corrected chi connectivity index (χ2v) is 4.01. The van der Waals surface area contributed by atoms with Crippen molar-refractivity contribution in [3.63, 3.8) is 0 Å².